The van der Waals surface area contributed by atoms with Gasteiger partial charge in [0.05, 0.1) is 6.04 Å². The van der Waals surface area contributed by atoms with E-state index in [1.807, 2.05) is 0 Å². The average Bonchev–Trinajstić information content (AvgIpc) is 3.09. The largest absolute Gasteiger partial charge is 0.357 e. The van der Waals surface area contributed by atoms with Gasteiger partial charge in [-0.2, -0.15) is 4.98 Å². The molecule has 0 bridgehead atoms. The predicted octanol–water partition coefficient (Wildman–Crippen LogP) is 2.52. The summed E-state index contributed by atoms with van der Waals surface area (Å²) in [5, 5.41) is 10.6. The molecule has 1 aromatic heterocycles. The topological polar surface area (TPSA) is 78.6 Å². The van der Waals surface area contributed by atoms with E-state index in [9.17, 15) is 0 Å². The lowest BCUT2D eigenvalue weighted by molar-refractivity contribution is 0.219. The predicted molar refractivity (Wildman–Crippen MR) is 104 cm³/mol. The number of hydrogen-bond acceptors (Lipinski definition) is 5. The summed E-state index contributed by atoms with van der Waals surface area (Å²) in [4.78, 5) is 11.2. The number of nitrogens with one attached hydrogen (secondary N) is 2. The van der Waals surface area contributed by atoms with E-state index in [1.54, 1.807) is 6.92 Å². The summed E-state index contributed by atoms with van der Waals surface area (Å²) in [6.07, 6.45) is 0. The van der Waals surface area contributed by atoms with Gasteiger partial charge in [0.25, 0.3) is 0 Å². The lowest BCUT2D eigenvalue weighted by atomic mass is 10.1. The SMILES string of the molecule is CCNC(=NCc1noc(C)n1)NCC(c1ccccc1)N(CC)CC. The van der Waals surface area contributed by atoms with E-state index in [-0.39, 0.29) is 6.04 Å². The molecule has 1 heterocycles. The Morgan fingerprint density at radius 1 is 1.15 bits per heavy atom. The second-order valence-corrected chi connectivity index (χ2v) is 5.95. The third-order valence-corrected chi connectivity index (χ3v) is 4.19. The molecule has 0 amide bonds. The molecule has 2 N–H and O–H groups in total. The van der Waals surface area contributed by atoms with E-state index in [1.165, 1.54) is 5.56 Å². The highest BCUT2D eigenvalue weighted by molar-refractivity contribution is 5.79. The smallest absolute Gasteiger partial charge is 0.223 e. The Kier molecular flexibility index (Phi) is 8.08. The van der Waals surface area contributed by atoms with E-state index in [2.05, 4.69) is 81.8 Å². The van der Waals surface area contributed by atoms with Crippen molar-refractivity contribution in [3.63, 3.8) is 0 Å². The molecule has 0 radical (unpaired) electrons. The maximum absolute atomic E-state index is 5.00. The number of aliphatic imine (C=N–C) groups is 1. The summed E-state index contributed by atoms with van der Waals surface area (Å²) in [5.74, 6) is 1.89. The summed E-state index contributed by atoms with van der Waals surface area (Å²) in [6.45, 7) is 12.1. The van der Waals surface area contributed by atoms with Crippen LogP contribution in [0.15, 0.2) is 39.8 Å². The molecule has 2 aromatic rings. The van der Waals surface area contributed by atoms with Gasteiger partial charge in [0.2, 0.25) is 5.89 Å². The molecule has 1 atom stereocenters. The lowest BCUT2D eigenvalue weighted by Gasteiger charge is -2.30. The molecule has 0 saturated heterocycles. The zero-order valence-electron chi connectivity index (χ0n) is 16.2. The Morgan fingerprint density at radius 3 is 2.46 bits per heavy atom. The molecule has 1 unspecified atom stereocenters. The van der Waals surface area contributed by atoms with Crippen molar-refractivity contribution in [3.8, 4) is 0 Å². The van der Waals surface area contributed by atoms with E-state index in [0.29, 0.717) is 18.3 Å². The van der Waals surface area contributed by atoms with Crippen molar-refractivity contribution in [3.05, 3.63) is 47.6 Å². The normalized spacial score (nSPS) is 13.0. The Morgan fingerprint density at radius 2 is 1.88 bits per heavy atom. The first-order valence-electron chi connectivity index (χ1n) is 9.28. The van der Waals surface area contributed by atoms with Crippen molar-refractivity contribution in [2.75, 3.05) is 26.2 Å². The minimum atomic E-state index is 0.280. The van der Waals surface area contributed by atoms with Gasteiger partial charge in [0.1, 0.15) is 6.54 Å². The van der Waals surface area contributed by atoms with Gasteiger partial charge >= 0.3 is 0 Å². The molecule has 7 heteroatoms. The van der Waals surface area contributed by atoms with Gasteiger partial charge in [-0.1, -0.05) is 49.3 Å². The maximum Gasteiger partial charge on any atom is 0.223 e. The Balaban J connectivity index is 2.07. The number of aromatic nitrogens is 2. The summed E-state index contributed by atoms with van der Waals surface area (Å²) >= 11 is 0. The second kappa shape index (κ2) is 10.6. The van der Waals surface area contributed by atoms with Crippen LogP contribution in [0, 0.1) is 6.92 Å². The first-order chi connectivity index (χ1) is 12.7. The molecule has 26 heavy (non-hydrogen) atoms. The number of likely N-dealkylation sites (N-methyl/N-ethyl adjacent to an activating group) is 1. The van der Waals surface area contributed by atoms with Crippen LogP contribution in [-0.2, 0) is 6.54 Å². The molecular weight excluding hydrogens is 328 g/mol. The first kappa shape index (κ1) is 19.9. The number of guanidine groups is 1. The zero-order chi connectivity index (χ0) is 18.8. The van der Waals surface area contributed by atoms with Crippen LogP contribution in [0.25, 0.3) is 0 Å². The average molecular weight is 358 g/mol. The maximum atomic E-state index is 5.00. The number of rotatable bonds is 9. The number of hydrogen-bond donors (Lipinski definition) is 2. The van der Waals surface area contributed by atoms with Gasteiger partial charge in [-0.3, -0.25) is 4.90 Å². The fraction of sp³-hybridized carbons (Fsp3) is 0.526. The van der Waals surface area contributed by atoms with Crippen LogP contribution in [0.4, 0.5) is 0 Å². The number of aryl methyl sites for hydroxylation is 1. The molecule has 0 aliphatic carbocycles. The highest BCUT2D eigenvalue weighted by atomic mass is 16.5. The minimum absolute atomic E-state index is 0.280. The van der Waals surface area contributed by atoms with Crippen LogP contribution < -0.4 is 10.6 Å². The van der Waals surface area contributed by atoms with Crippen LogP contribution in [0.5, 0.6) is 0 Å². The summed E-state index contributed by atoms with van der Waals surface area (Å²) in [5.41, 5.74) is 1.30. The summed E-state index contributed by atoms with van der Waals surface area (Å²) < 4.78 is 5.00. The Bertz CT molecular complexity index is 666. The van der Waals surface area contributed by atoms with Crippen molar-refractivity contribution < 1.29 is 4.52 Å². The fourth-order valence-corrected chi connectivity index (χ4v) is 2.89. The van der Waals surface area contributed by atoms with Crippen LogP contribution in [0.1, 0.15) is 44.1 Å². The van der Waals surface area contributed by atoms with Gasteiger partial charge in [-0.25, -0.2) is 4.99 Å². The van der Waals surface area contributed by atoms with Crippen molar-refractivity contribution in [1.82, 2.24) is 25.7 Å². The summed E-state index contributed by atoms with van der Waals surface area (Å²) in [6, 6.07) is 10.9. The molecule has 7 nitrogen and oxygen atoms in total. The van der Waals surface area contributed by atoms with Crippen LogP contribution in [-0.4, -0.2) is 47.2 Å². The fourth-order valence-electron chi connectivity index (χ4n) is 2.89. The summed E-state index contributed by atoms with van der Waals surface area (Å²) in [7, 11) is 0. The van der Waals surface area contributed by atoms with E-state index in [4.69, 9.17) is 4.52 Å². The Labute approximate surface area is 155 Å². The Hall–Kier alpha value is -2.41. The van der Waals surface area contributed by atoms with Gasteiger partial charge < -0.3 is 15.2 Å². The molecular formula is C19H30N6O. The van der Waals surface area contributed by atoms with Gasteiger partial charge in [-0.05, 0) is 25.6 Å². The molecule has 142 valence electrons. The van der Waals surface area contributed by atoms with E-state index < -0.39 is 0 Å². The third kappa shape index (κ3) is 5.84. The van der Waals surface area contributed by atoms with Crippen molar-refractivity contribution in [2.45, 2.75) is 40.3 Å². The van der Waals surface area contributed by atoms with E-state index in [0.717, 1.165) is 32.1 Å². The van der Waals surface area contributed by atoms with Crippen molar-refractivity contribution in [1.29, 1.82) is 0 Å². The first-order valence-corrected chi connectivity index (χ1v) is 9.28. The third-order valence-electron chi connectivity index (χ3n) is 4.19. The molecule has 1 aromatic carbocycles. The molecule has 0 saturated carbocycles. The highest BCUT2D eigenvalue weighted by Gasteiger charge is 2.18. The lowest BCUT2D eigenvalue weighted by Crippen LogP contribution is -2.43. The molecule has 0 aliphatic heterocycles. The number of benzene rings is 1. The highest BCUT2D eigenvalue weighted by Crippen LogP contribution is 2.19. The van der Waals surface area contributed by atoms with Crippen LogP contribution >= 0.6 is 0 Å². The van der Waals surface area contributed by atoms with Crippen LogP contribution in [0.2, 0.25) is 0 Å². The zero-order valence-corrected chi connectivity index (χ0v) is 16.2. The van der Waals surface area contributed by atoms with E-state index >= 15 is 0 Å². The molecule has 2 rings (SSSR count). The standard InChI is InChI=1S/C19H30N6O/c1-5-20-19(22-14-18-23-15(4)26-24-18)21-13-17(25(6-2)7-3)16-11-9-8-10-12-16/h8-12,17H,5-7,13-14H2,1-4H3,(H2,20,21,22). The molecule has 0 aliphatic rings. The second-order valence-electron chi connectivity index (χ2n) is 5.95. The van der Waals surface area contributed by atoms with Crippen molar-refractivity contribution in [2.24, 2.45) is 4.99 Å². The monoisotopic (exact) mass is 358 g/mol. The van der Waals surface area contributed by atoms with Gasteiger partial charge in [0, 0.05) is 20.0 Å². The minimum Gasteiger partial charge on any atom is -0.357 e. The molecule has 0 fully saturated rings. The van der Waals surface area contributed by atoms with Gasteiger partial charge in [0.15, 0.2) is 11.8 Å². The quantitative estimate of drug-likeness (QED) is 0.530. The van der Waals surface area contributed by atoms with Crippen molar-refractivity contribution >= 4 is 5.96 Å². The molecule has 0 spiro atoms. The van der Waals surface area contributed by atoms with Gasteiger partial charge in [-0.15, -0.1) is 0 Å². The number of nitrogens with zero attached hydrogens (tertiary/aromatic N) is 4. The van der Waals surface area contributed by atoms with Crippen LogP contribution in [0.3, 0.4) is 0 Å².